The Morgan fingerprint density at radius 1 is 1.32 bits per heavy atom. The van der Waals surface area contributed by atoms with Gasteiger partial charge in [0.25, 0.3) is 0 Å². The number of hydrogen-bond acceptors (Lipinski definition) is 4. The van der Waals surface area contributed by atoms with E-state index in [9.17, 15) is 13.9 Å². The number of β-amino-alcohol motifs (C(OH)–C–C–N with tert-alkyl or cyclic N) is 1. The van der Waals surface area contributed by atoms with Gasteiger partial charge in [-0.05, 0) is 26.8 Å². The Balaban J connectivity index is 2.70. The van der Waals surface area contributed by atoms with E-state index in [1.807, 2.05) is 20.8 Å². The van der Waals surface area contributed by atoms with Crippen molar-refractivity contribution in [1.29, 1.82) is 0 Å². The first-order chi connectivity index (χ1) is 8.57. The lowest BCUT2D eigenvalue weighted by atomic mass is 10.1. The first-order valence-corrected chi connectivity index (χ1v) is 6.04. The lowest BCUT2D eigenvalue weighted by Gasteiger charge is -2.23. The number of hydrogen-bond donors (Lipinski definition) is 2. The predicted octanol–water partition coefficient (Wildman–Crippen LogP) is 2.49. The van der Waals surface area contributed by atoms with Crippen molar-refractivity contribution in [3.05, 3.63) is 23.9 Å². The largest absolute Gasteiger partial charge is 0.415 e. The summed E-state index contributed by atoms with van der Waals surface area (Å²) in [6.45, 7) is 6.81. The molecule has 4 nitrogen and oxygen atoms in total. The van der Waals surface area contributed by atoms with Crippen molar-refractivity contribution in [2.45, 2.75) is 45.4 Å². The molecule has 1 aromatic rings. The summed E-state index contributed by atoms with van der Waals surface area (Å²) in [5.41, 5.74) is 0.143. The summed E-state index contributed by atoms with van der Waals surface area (Å²) in [4.78, 5) is 3.87. The number of alkyl halides is 2. The third-order valence-corrected chi connectivity index (χ3v) is 2.20. The molecule has 0 radical (unpaired) electrons. The molecule has 0 aliphatic rings. The molecule has 0 bridgehead atoms. The van der Waals surface area contributed by atoms with Crippen molar-refractivity contribution < 1.29 is 18.6 Å². The Labute approximate surface area is 111 Å². The van der Waals surface area contributed by atoms with Crippen molar-refractivity contribution in [3.63, 3.8) is 0 Å². The zero-order valence-electron chi connectivity index (χ0n) is 11.6. The van der Waals surface area contributed by atoms with E-state index in [0.29, 0.717) is 12.6 Å². The van der Waals surface area contributed by atoms with Crippen LogP contribution in [0.5, 0.6) is 5.88 Å². The number of pyridine rings is 1. The number of aliphatic hydroxyl groups is 1. The molecule has 1 aromatic heterocycles. The number of aliphatic hydroxyl groups excluding tert-OH is 1. The van der Waals surface area contributed by atoms with Gasteiger partial charge in [-0.15, -0.1) is 0 Å². The van der Waals surface area contributed by atoms with Gasteiger partial charge in [0.05, 0.1) is 5.69 Å². The molecular formula is C13H20F2N2O2. The fourth-order valence-corrected chi connectivity index (χ4v) is 1.36. The third-order valence-electron chi connectivity index (χ3n) is 2.20. The molecule has 1 unspecified atom stereocenters. The normalized spacial score (nSPS) is 14.3. The molecule has 0 amide bonds. The fraction of sp³-hybridized carbons (Fsp3) is 0.615. The van der Waals surface area contributed by atoms with Gasteiger partial charge in [-0.3, -0.25) is 0 Å². The maximum absolute atomic E-state index is 12.7. The average Bonchev–Trinajstić information content (AvgIpc) is 2.23. The maximum Gasteiger partial charge on any atom is 0.396 e. The molecule has 1 atom stereocenters. The Hall–Kier alpha value is -1.27. The Morgan fingerprint density at radius 2 is 1.95 bits per heavy atom. The van der Waals surface area contributed by atoms with E-state index in [1.54, 1.807) is 6.07 Å². The minimum Gasteiger partial charge on any atom is -0.415 e. The summed E-state index contributed by atoms with van der Waals surface area (Å²) >= 11 is 0. The molecule has 0 saturated heterocycles. The first-order valence-electron chi connectivity index (χ1n) is 6.04. The summed E-state index contributed by atoms with van der Waals surface area (Å²) in [6.07, 6.45) is -4.17. The molecule has 0 saturated carbocycles. The quantitative estimate of drug-likeness (QED) is 0.866. The molecule has 0 aliphatic heterocycles. The van der Waals surface area contributed by atoms with Crippen molar-refractivity contribution in [2.24, 2.45) is 0 Å². The van der Waals surface area contributed by atoms with E-state index in [0.717, 1.165) is 0 Å². The highest BCUT2D eigenvalue weighted by molar-refractivity contribution is 5.18. The standard InChI is InChI=1S/C13H20F2N2O2/c1-12(2,3)16-8-10(18)9-6-5-7-11(17-9)19-13(4,14)15/h5-7,10,16,18H,8H2,1-4H3. The Kier molecular flexibility index (Phi) is 4.81. The van der Waals surface area contributed by atoms with Crippen LogP contribution < -0.4 is 10.1 Å². The second-order valence-corrected chi connectivity index (χ2v) is 5.46. The maximum atomic E-state index is 12.7. The smallest absolute Gasteiger partial charge is 0.396 e. The number of nitrogens with one attached hydrogen (secondary N) is 1. The van der Waals surface area contributed by atoms with E-state index in [2.05, 4.69) is 15.0 Å². The Morgan fingerprint density at radius 3 is 2.47 bits per heavy atom. The predicted molar refractivity (Wildman–Crippen MR) is 68.2 cm³/mol. The van der Waals surface area contributed by atoms with E-state index in [4.69, 9.17) is 0 Å². The van der Waals surface area contributed by atoms with Gasteiger partial charge in [0, 0.05) is 25.1 Å². The highest BCUT2D eigenvalue weighted by Crippen LogP contribution is 2.21. The average molecular weight is 274 g/mol. The molecule has 0 spiro atoms. The summed E-state index contributed by atoms with van der Waals surface area (Å²) in [5.74, 6) is -0.209. The van der Waals surface area contributed by atoms with Crippen molar-refractivity contribution >= 4 is 0 Å². The van der Waals surface area contributed by atoms with Gasteiger partial charge in [0.15, 0.2) is 0 Å². The van der Waals surface area contributed by atoms with Gasteiger partial charge in [0.1, 0.15) is 6.10 Å². The van der Waals surface area contributed by atoms with Crippen LogP contribution in [-0.4, -0.2) is 28.3 Å². The lowest BCUT2D eigenvalue weighted by Crippen LogP contribution is -2.38. The van der Waals surface area contributed by atoms with E-state index < -0.39 is 12.2 Å². The second-order valence-electron chi connectivity index (χ2n) is 5.46. The van der Waals surface area contributed by atoms with Gasteiger partial charge in [0.2, 0.25) is 5.88 Å². The minimum absolute atomic E-state index is 0.147. The van der Waals surface area contributed by atoms with Crippen LogP contribution in [0.15, 0.2) is 18.2 Å². The number of nitrogens with zero attached hydrogens (tertiary/aromatic N) is 1. The van der Waals surface area contributed by atoms with Crippen LogP contribution in [-0.2, 0) is 0 Å². The van der Waals surface area contributed by atoms with Gasteiger partial charge in [-0.25, -0.2) is 4.98 Å². The van der Waals surface area contributed by atoms with Crippen LogP contribution in [0.3, 0.4) is 0 Å². The van der Waals surface area contributed by atoms with Crippen LogP contribution in [0.2, 0.25) is 0 Å². The highest BCUT2D eigenvalue weighted by atomic mass is 19.3. The minimum atomic E-state index is -3.29. The molecule has 0 fully saturated rings. The number of aromatic nitrogens is 1. The van der Waals surface area contributed by atoms with Crippen LogP contribution in [0.25, 0.3) is 0 Å². The first kappa shape index (κ1) is 15.8. The van der Waals surface area contributed by atoms with Gasteiger partial charge in [-0.1, -0.05) is 6.07 Å². The van der Waals surface area contributed by atoms with Crippen LogP contribution >= 0.6 is 0 Å². The topological polar surface area (TPSA) is 54.4 Å². The molecule has 2 N–H and O–H groups in total. The number of rotatable bonds is 5. The van der Waals surface area contributed by atoms with Crippen LogP contribution in [0.4, 0.5) is 8.78 Å². The van der Waals surface area contributed by atoms with Crippen LogP contribution in [0.1, 0.15) is 39.5 Å². The zero-order valence-corrected chi connectivity index (χ0v) is 11.6. The van der Waals surface area contributed by atoms with Gasteiger partial charge < -0.3 is 15.2 Å². The lowest BCUT2D eigenvalue weighted by molar-refractivity contribution is -0.161. The summed E-state index contributed by atoms with van der Waals surface area (Å²) in [5, 5.41) is 13.0. The van der Waals surface area contributed by atoms with E-state index >= 15 is 0 Å². The van der Waals surface area contributed by atoms with Crippen molar-refractivity contribution in [2.75, 3.05) is 6.54 Å². The summed E-state index contributed by atoms with van der Waals surface area (Å²) in [6, 6.07) is 4.41. The Bertz CT molecular complexity index is 414. The number of ether oxygens (including phenoxy) is 1. The van der Waals surface area contributed by atoms with Gasteiger partial charge >= 0.3 is 6.11 Å². The third kappa shape index (κ3) is 6.45. The number of halogens is 2. The molecular weight excluding hydrogens is 254 g/mol. The molecule has 6 heteroatoms. The monoisotopic (exact) mass is 274 g/mol. The van der Waals surface area contributed by atoms with Crippen molar-refractivity contribution in [1.82, 2.24) is 10.3 Å². The van der Waals surface area contributed by atoms with Crippen LogP contribution in [0, 0.1) is 0 Å². The fourth-order valence-electron chi connectivity index (χ4n) is 1.36. The molecule has 0 aromatic carbocycles. The second kappa shape index (κ2) is 5.79. The molecule has 19 heavy (non-hydrogen) atoms. The van der Waals surface area contributed by atoms with Gasteiger partial charge in [-0.2, -0.15) is 8.78 Å². The molecule has 1 rings (SSSR count). The SMILES string of the molecule is CC(C)(C)NCC(O)c1cccc(OC(C)(F)F)n1. The highest BCUT2D eigenvalue weighted by Gasteiger charge is 2.24. The van der Waals surface area contributed by atoms with E-state index in [1.165, 1.54) is 12.1 Å². The van der Waals surface area contributed by atoms with Crippen molar-refractivity contribution in [3.8, 4) is 5.88 Å². The molecule has 108 valence electrons. The zero-order chi connectivity index (χ0) is 14.7. The molecule has 1 heterocycles. The summed E-state index contributed by atoms with van der Waals surface area (Å²) in [7, 11) is 0. The summed E-state index contributed by atoms with van der Waals surface area (Å²) < 4.78 is 29.8. The molecule has 0 aliphatic carbocycles. The van der Waals surface area contributed by atoms with E-state index in [-0.39, 0.29) is 18.0 Å².